The van der Waals surface area contributed by atoms with Crippen LogP contribution in [0.15, 0.2) is 0 Å². The molecule has 0 radical (unpaired) electrons. The van der Waals surface area contributed by atoms with Crippen LogP contribution in [0.2, 0.25) is 0 Å². The Morgan fingerprint density at radius 1 is 1.69 bits per heavy atom. The second-order valence-corrected chi connectivity index (χ2v) is 3.57. The summed E-state index contributed by atoms with van der Waals surface area (Å²) in [6.07, 6.45) is 2.97. The van der Waals surface area contributed by atoms with E-state index in [0.29, 0.717) is 6.54 Å². The second kappa shape index (κ2) is 5.19. The van der Waals surface area contributed by atoms with E-state index >= 15 is 0 Å². The Kier molecular flexibility index (Phi) is 4.18. The van der Waals surface area contributed by atoms with Crippen LogP contribution in [0.25, 0.3) is 0 Å². The number of hydrazine groups is 1. The van der Waals surface area contributed by atoms with Crippen molar-refractivity contribution in [3.8, 4) is 0 Å². The molecule has 1 aliphatic heterocycles. The summed E-state index contributed by atoms with van der Waals surface area (Å²) in [6.45, 7) is 4.50. The van der Waals surface area contributed by atoms with Crippen LogP contribution in [0.3, 0.4) is 0 Å². The highest BCUT2D eigenvalue weighted by Crippen LogP contribution is 2.11. The number of nitrogens with two attached hydrogens (primary N) is 1. The van der Waals surface area contributed by atoms with Crippen molar-refractivity contribution in [1.82, 2.24) is 10.3 Å². The molecule has 0 aromatic rings. The maximum atomic E-state index is 11.6. The molecular formula is C9H19N3O. The van der Waals surface area contributed by atoms with E-state index in [1.807, 2.05) is 6.92 Å². The van der Waals surface area contributed by atoms with Gasteiger partial charge >= 0.3 is 0 Å². The average molecular weight is 185 g/mol. The molecule has 0 aliphatic carbocycles. The number of hydrogen-bond donors (Lipinski definition) is 2. The first-order chi connectivity index (χ1) is 6.25. The number of rotatable bonds is 3. The highest BCUT2D eigenvalue weighted by molar-refractivity contribution is 5.78. The van der Waals surface area contributed by atoms with E-state index in [0.717, 1.165) is 32.4 Å². The highest BCUT2D eigenvalue weighted by Gasteiger charge is 2.23. The number of hydrogen-bond acceptors (Lipinski definition) is 3. The summed E-state index contributed by atoms with van der Waals surface area (Å²) in [6, 6.07) is 0. The zero-order valence-corrected chi connectivity index (χ0v) is 8.25. The molecule has 4 nitrogen and oxygen atoms in total. The van der Waals surface area contributed by atoms with Crippen molar-refractivity contribution in [3.05, 3.63) is 0 Å². The molecule has 76 valence electrons. The maximum Gasteiger partial charge on any atom is 0.240 e. The van der Waals surface area contributed by atoms with Gasteiger partial charge in [0.15, 0.2) is 0 Å². The lowest BCUT2D eigenvalue weighted by Gasteiger charge is -2.26. The van der Waals surface area contributed by atoms with E-state index in [2.05, 4.69) is 5.32 Å². The summed E-state index contributed by atoms with van der Waals surface area (Å²) in [5, 5.41) is 4.57. The van der Waals surface area contributed by atoms with Gasteiger partial charge in [0.2, 0.25) is 5.91 Å². The van der Waals surface area contributed by atoms with Crippen molar-refractivity contribution < 1.29 is 4.79 Å². The molecule has 1 unspecified atom stereocenters. The van der Waals surface area contributed by atoms with Crippen LogP contribution in [0.1, 0.15) is 26.2 Å². The van der Waals surface area contributed by atoms with Gasteiger partial charge in [-0.1, -0.05) is 6.92 Å². The Morgan fingerprint density at radius 2 is 2.46 bits per heavy atom. The minimum Gasteiger partial charge on any atom is -0.316 e. The minimum atomic E-state index is 0.0917. The predicted octanol–water partition coefficient (Wildman–Crippen LogP) is 0.0983. The largest absolute Gasteiger partial charge is 0.316 e. The SMILES string of the molecule is CCCN(N)C(=O)C1CCCNC1. The molecule has 1 fully saturated rings. The molecular weight excluding hydrogens is 166 g/mol. The van der Waals surface area contributed by atoms with Gasteiger partial charge in [0, 0.05) is 13.1 Å². The van der Waals surface area contributed by atoms with Crippen LogP contribution in [-0.4, -0.2) is 30.6 Å². The number of nitrogens with zero attached hydrogens (tertiary/aromatic N) is 1. The van der Waals surface area contributed by atoms with Gasteiger partial charge in [0.1, 0.15) is 0 Å². The number of carbonyl (C=O) groups is 1. The summed E-state index contributed by atoms with van der Waals surface area (Å²) in [4.78, 5) is 11.6. The molecule has 1 saturated heterocycles. The van der Waals surface area contributed by atoms with Crippen LogP contribution in [0, 0.1) is 5.92 Å². The lowest BCUT2D eigenvalue weighted by atomic mass is 9.98. The van der Waals surface area contributed by atoms with Crippen molar-refractivity contribution >= 4 is 5.91 Å². The van der Waals surface area contributed by atoms with Crippen molar-refractivity contribution in [3.63, 3.8) is 0 Å². The van der Waals surface area contributed by atoms with Gasteiger partial charge in [0.05, 0.1) is 5.92 Å². The van der Waals surface area contributed by atoms with E-state index in [1.54, 1.807) is 0 Å². The fourth-order valence-corrected chi connectivity index (χ4v) is 1.65. The van der Waals surface area contributed by atoms with Crippen molar-refractivity contribution in [2.75, 3.05) is 19.6 Å². The van der Waals surface area contributed by atoms with Gasteiger partial charge in [0.25, 0.3) is 0 Å². The Balaban J connectivity index is 2.36. The Morgan fingerprint density at radius 3 is 3.00 bits per heavy atom. The molecule has 1 rings (SSSR count). The van der Waals surface area contributed by atoms with E-state index in [9.17, 15) is 4.79 Å². The van der Waals surface area contributed by atoms with Crippen LogP contribution in [-0.2, 0) is 4.79 Å². The molecule has 1 aliphatic rings. The monoisotopic (exact) mass is 185 g/mol. The molecule has 1 heterocycles. The van der Waals surface area contributed by atoms with Crippen molar-refractivity contribution in [2.45, 2.75) is 26.2 Å². The standard InChI is InChI=1S/C9H19N3O/c1-2-6-12(10)9(13)8-4-3-5-11-7-8/h8,11H,2-7,10H2,1H3. The van der Waals surface area contributed by atoms with E-state index in [1.165, 1.54) is 5.01 Å². The number of carbonyl (C=O) groups excluding carboxylic acids is 1. The third-order valence-corrected chi connectivity index (χ3v) is 2.39. The molecule has 1 atom stereocenters. The first-order valence-corrected chi connectivity index (χ1v) is 5.02. The third-order valence-electron chi connectivity index (χ3n) is 2.39. The molecule has 0 aromatic carbocycles. The molecule has 3 N–H and O–H groups in total. The fourth-order valence-electron chi connectivity index (χ4n) is 1.65. The summed E-state index contributed by atoms with van der Waals surface area (Å²) in [5.41, 5.74) is 0. The van der Waals surface area contributed by atoms with Crippen molar-refractivity contribution in [1.29, 1.82) is 0 Å². The van der Waals surface area contributed by atoms with Gasteiger partial charge in [-0.15, -0.1) is 0 Å². The van der Waals surface area contributed by atoms with E-state index in [4.69, 9.17) is 5.84 Å². The Bertz CT molecular complexity index is 166. The van der Waals surface area contributed by atoms with Gasteiger partial charge in [-0.3, -0.25) is 9.80 Å². The zero-order valence-electron chi connectivity index (χ0n) is 8.25. The van der Waals surface area contributed by atoms with Gasteiger partial charge in [-0.25, -0.2) is 5.84 Å². The summed E-state index contributed by atoms with van der Waals surface area (Å²) >= 11 is 0. The predicted molar refractivity (Wildman–Crippen MR) is 51.8 cm³/mol. The molecule has 0 bridgehead atoms. The molecule has 0 spiro atoms. The topological polar surface area (TPSA) is 58.4 Å². The number of nitrogens with one attached hydrogen (secondary N) is 1. The normalized spacial score (nSPS) is 22.8. The average Bonchev–Trinajstić information content (AvgIpc) is 2.18. The number of piperidine rings is 1. The van der Waals surface area contributed by atoms with Gasteiger partial charge in [-0.05, 0) is 25.8 Å². The van der Waals surface area contributed by atoms with E-state index < -0.39 is 0 Å². The van der Waals surface area contributed by atoms with Crippen LogP contribution in [0.4, 0.5) is 0 Å². The Labute approximate surface area is 79.4 Å². The number of amides is 1. The third kappa shape index (κ3) is 2.97. The lowest BCUT2D eigenvalue weighted by Crippen LogP contribution is -2.46. The molecule has 1 amide bonds. The van der Waals surface area contributed by atoms with Crippen molar-refractivity contribution in [2.24, 2.45) is 11.8 Å². The van der Waals surface area contributed by atoms with Crippen LogP contribution >= 0.6 is 0 Å². The summed E-state index contributed by atoms with van der Waals surface area (Å²) in [7, 11) is 0. The zero-order chi connectivity index (χ0) is 9.68. The fraction of sp³-hybridized carbons (Fsp3) is 0.889. The second-order valence-electron chi connectivity index (χ2n) is 3.57. The molecule has 0 aromatic heterocycles. The quantitative estimate of drug-likeness (QED) is 0.372. The molecule has 13 heavy (non-hydrogen) atoms. The lowest BCUT2D eigenvalue weighted by molar-refractivity contribution is -0.136. The van der Waals surface area contributed by atoms with Crippen LogP contribution < -0.4 is 11.2 Å². The minimum absolute atomic E-state index is 0.0917. The smallest absolute Gasteiger partial charge is 0.240 e. The first kappa shape index (κ1) is 10.5. The highest BCUT2D eigenvalue weighted by atomic mass is 16.2. The summed E-state index contributed by atoms with van der Waals surface area (Å²) < 4.78 is 0. The van der Waals surface area contributed by atoms with Gasteiger partial charge in [-0.2, -0.15) is 0 Å². The first-order valence-electron chi connectivity index (χ1n) is 5.02. The molecule has 0 saturated carbocycles. The summed E-state index contributed by atoms with van der Waals surface area (Å²) in [5.74, 6) is 5.81. The Hall–Kier alpha value is -0.610. The van der Waals surface area contributed by atoms with Gasteiger partial charge < -0.3 is 5.32 Å². The van der Waals surface area contributed by atoms with Crippen LogP contribution in [0.5, 0.6) is 0 Å². The maximum absolute atomic E-state index is 11.6. The molecule has 4 heteroatoms. The van der Waals surface area contributed by atoms with E-state index in [-0.39, 0.29) is 11.8 Å².